The third-order valence-corrected chi connectivity index (χ3v) is 10.5. The second kappa shape index (κ2) is 15.8. The summed E-state index contributed by atoms with van der Waals surface area (Å²) >= 11 is 12.6. The highest BCUT2D eigenvalue weighted by Gasteiger charge is 2.31. The summed E-state index contributed by atoms with van der Waals surface area (Å²) in [5.41, 5.74) is 6.35. The first kappa shape index (κ1) is 42.8. The molecule has 0 unspecified atom stereocenters. The zero-order valence-corrected chi connectivity index (χ0v) is 37.2. The zero-order valence-electron chi connectivity index (χ0n) is 35.7. The van der Waals surface area contributed by atoms with Crippen molar-refractivity contribution in [2.75, 3.05) is 0 Å². The van der Waals surface area contributed by atoms with E-state index in [1.807, 2.05) is 24.3 Å². The first-order chi connectivity index (χ1) is 26.9. The van der Waals surface area contributed by atoms with E-state index in [0.29, 0.717) is 67.8 Å². The fourth-order valence-corrected chi connectivity index (χ4v) is 6.91. The van der Waals surface area contributed by atoms with Crippen LogP contribution in [-0.2, 0) is 31.2 Å². The lowest BCUT2D eigenvalue weighted by molar-refractivity contribution is -0.136. The van der Waals surface area contributed by atoms with Gasteiger partial charge in [-0.25, -0.2) is 0 Å². The highest BCUT2D eigenvalue weighted by molar-refractivity contribution is 6.31. The van der Waals surface area contributed by atoms with Gasteiger partial charge in [0.2, 0.25) is 0 Å². The number of fused-ring (bicyclic) bond motifs is 2. The molecule has 0 saturated heterocycles. The third kappa shape index (κ3) is 9.56. The average molecular weight is 826 g/mol. The summed E-state index contributed by atoms with van der Waals surface area (Å²) < 4.78 is 12.5. The lowest BCUT2D eigenvalue weighted by Gasteiger charge is -2.28. The molecule has 0 N–H and O–H groups in total. The van der Waals surface area contributed by atoms with Crippen molar-refractivity contribution in [2.24, 2.45) is 0 Å². The monoisotopic (exact) mass is 824 g/mol. The van der Waals surface area contributed by atoms with Gasteiger partial charge >= 0.3 is 11.9 Å². The number of nitrogens with zero attached hydrogens (tertiary/aromatic N) is 6. The van der Waals surface area contributed by atoms with Gasteiger partial charge < -0.3 is 9.47 Å². The Hall–Kier alpha value is -4.80. The molecule has 0 aliphatic carbocycles. The van der Waals surface area contributed by atoms with Crippen LogP contribution in [-0.4, -0.2) is 41.9 Å². The topological polar surface area (TPSA) is 114 Å². The second-order valence-corrected chi connectivity index (χ2v) is 20.0. The zero-order chi connectivity index (χ0) is 42.5. The minimum Gasteiger partial charge on any atom is -0.424 e. The fraction of sp³-hybridized carbons (Fsp3) is 0.435. The summed E-state index contributed by atoms with van der Waals surface area (Å²) in [5, 5.41) is 20.0. The van der Waals surface area contributed by atoms with E-state index >= 15 is 0 Å². The largest absolute Gasteiger partial charge is 0.424 e. The first-order valence-corrected chi connectivity index (χ1v) is 20.5. The summed E-state index contributed by atoms with van der Waals surface area (Å²) in [6, 6.07) is 18.9. The van der Waals surface area contributed by atoms with Crippen molar-refractivity contribution in [1.29, 1.82) is 0 Å². The highest BCUT2D eigenvalue weighted by atomic mass is 35.5. The van der Waals surface area contributed by atoms with Crippen LogP contribution < -0.4 is 9.47 Å². The van der Waals surface area contributed by atoms with Gasteiger partial charge in [-0.2, -0.15) is 0 Å². The van der Waals surface area contributed by atoms with Crippen molar-refractivity contribution < 1.29 is 19.1 Å². The van der Waals surface area contributed by atoms with E-state index < -0.39 is 11.9 Å². The van der Waals surface area contributed by atoms with Crippen LogP contribution in [0.4, 0.5) is 0 Å². The number of carbonyl (C=O) groups is 2. The Labute approximate surface area is 351 Å². The van der Waals surface area contributed by atoms with Crippen LogP contribution in [0.25, 0.3) is 33.4 Å². The SMILES string of the molecule is CC(C)(C)c1cc(-n2nc3ccc(Cl)cc3n2)c(OC(=O)CCCCC(=O)Oc2c(-n3nc4ccc(Cl)cc4n3)cc(C(C)(C)C)cc2C(C)(C)C)c(C(C)(C)C)c1. The van der Waals surface area contributed by atoms with Crippen molar-refractivity contribution in [3.63, 3.8) is 0 Å². The Morgan fingerprint density at radius 1 is 0.500 bits per heavy atom. The van der Waals surface area contributed by atoms with Gasteiger partial charge in [-0.1, -0.05) is 118 Å². The Bertz CT molecular complexity index is 2350. The Morgan fingerprint density at radius 3 is 1.17 bits per heavy atom. The van der Waals surface area contributed by atoms with Gasteiger partial charge in [0.25, 0.3) is 0 Å². The second-order valence-electron chi connectivity index (χ2n) is 19.1. The number of ether oxygens (including phenoxy) is 2. The van der Waals surface area contributed by atoms with Crippen molar-refractivity contribution >= 4 is 57.2 Å². The highest BCUT2D eigenvalue weighted by Crippen LogP contribution is 2.42. The standard InChI is InChI=1S/C46H54Cl2N6O4/c1-43(2,3)27-21-31(45(7,8)9)41(37(23-27)53-49-33-19-17-29(47)25-35(33)51-53)57-39(55)15-13-14-16-40(56)58-42-32(46(10,11)12)22-28(44(4,5)6)24-38(42)54-50-34-20-18-30(48)26-36(34)52-54/h17-26H,13-16H2,1-12H3. The number of esters is 2. The van der Waals surface area contributed by atoms with E-state index in [9.17, 15) is 9.59 Å². The number of carbonyl (C=O) groups excluding carboxylic acids is 2. The number of hydrogen-bond acceptors (Lipinski definition) is 8. The Morgan fingerprint density at radius 2 is 0.845 bits per heavy atom. The van der Waals surface area contributed by atoms with E-state index in [2.05, 4.69) is 95.2 Å². The maximum absolute atomic E-state index is 13.6. The number of hydrogen-bond donors (Lipinski definition) is 0. The quantitative estimate of drug-likeness (QED) is 0.0804. The van der Waals surface area contributed by atoms with Gasteiger partial charge in [0.1, 0.15) is 33.4 Å². The molecule has 6 aromatic rings. The predicted octanol–water partition coefficient (Wildman–Crippen LogP) is 11.7. The summed E-state index contributed by atoms with van der Waals surface area (Å²) in [6.07, 6.45) is 0.996. The summed E-state index contributed by atoms with van der Waals surface area (Å²) in [7, 11) is 0. The van der Waals surface area contributed by atoms with Crippen molar-refractivity contribution in [3.8, 4) is 22.9 Å². The molecule has 0 aliphatic heterocycles. The van der Waals surface area contributed by atoms with Gasteiger partial charge in [0.15, 0.2) is 11.5 Å². The van der Waals surface area contributed by atoms with E-state index in [0.717, 1.165) is 22.3 Å². The molecule has 0 spiro atoms. The number of unbranched alkanes of at least 4 members (excludes halogenated alkanes) is 1. The molecule has 4 aromatic carbocycles. The normalized spacial score (nSPS) is 12.7. The van der Waals surface area contributed by atoms with Crippen LogP contribution in [0, 0.1) is 0 Å². The van der Waals surface area contributed by atoms with Crippen molar-refractivity contribution in [1.82, 2.24) is 30.0 Å². The molecule has 6 rings (SSSR count). The smallest absolute Gasteiger partial charge is 0.311 e. The molecular weight excluding hydrogens is 771 g/mol. The number of aromatic nitrogens is 6. The molecular formula is C46H54Cl2N6O4. The summed E-state index contributed by atoms with van der Waals surface area (Å²) in [5.74, 6) is -0.0374. The lowest BCUT2D eigenvalue weighted by Crippen LogP contribution is -2.22. The maximum atomic E-state index is 13.6. The third-order valence-electron chi connectivity index (χ3n) is 10.0. The molecule has 306 valence electrons. The Balaban J connectivity index is 1.23. The van der Waals surface area contributed by atoms with Gasteiger partial charge in [-0.15, -0.1) is 30.0 Å². The average Bonchev–Trinajstić information content (AvgIpc) is 3.72. The van der Waals surface area contributed by atoms with Gasteiger partial charge in [-0.05, 0) is 94.2 Å². The molecule has 10 nitrogen and oxygen atoms in total. The van der Waals surface area contributed by atoms with Crippen LogP contribution in [0.1, 0.15) is 131 Å². The van der Waals surface area contributed by atoms with Crippen LogP contribution in [0.2, 0.25) is 10.0 Å². The molecule has 12 heteroatoms. The molecule has 2 heterocycles. The molecule has 0 fully saturated rings. The van der Waals surface area contributed by atoms with Crippen LogP contribution in [0.5, 0.6) is 11.5 Å². The molecule has 2 aromatic heterocycles. The fourth-order valence-electron chi connectivity index (χ4n) is 6.58. The molecule has 0 saturated carbocycles. The minimum atomic E-state index is -0.421. The van der Waals surface area contributed by atoms with Crippen LogP contribution in [0.15, 0.2) is 60.7 Å². The van der Waals surface area contributed by atoms with E-state index in [1.54, 1.807) is 24.3 Å². The summed E-state index contributed by atoms with van der Waals surface area (Å²) in [6.45, 7) is 25.3. The lowest BCUT2D eigenvalue weighted by atomic mass is 9.79. The molecule has 0 amide bonds. The minimum absolute atomic E-state index is 0.0899. The Kier molecular flexibility index (Phi) is 11.6. The summed E-state index contributed by atoms with van der Waals surface area (Å²) in [4.78, 5) is 30.3. The predicted molar refractivity (Wildman–Crippen MR) is 232 cm³/mol. The van der Waals surface area contributed by atoms with Crippen LogP contribution >= 0.6 is 23.2 Å². The molecule has 0 radical (unpaired) electrons. The molecule has 0 atom stereocenters. The van der Waals surface area contributed by atoms with Gasteiger partial charge in [0.05, 0.1) is 0 Å². The molecule has 0 aliphatic rings. The van der Waals surface area contributed by atoms with E-state index in [-0.39, 0.29) is 34.5 Å². The number of benzene rings is 4. The molecule has 58 heavy (non-hydrogen) atoms. The van der Waals surface area contributed by atoms with Crippen LogP contribution in [0.3, 0.4) is 0 Å². The first-order valence-electron chi connectivity index (χ1n) is 19.7. The van der Waals surface area contributed by atoms with Crippen molar-refractivity contribution in [2.45, 2.75) is 130 Å². The van der Waals surface area contributed by atoms with Gasteiger partial charge in [0, 0.05) is 34.0 Å². The molecule has 0 bridgehead atoms. The van der Waals surface area contributed by atoms with Gasteiger partial charge in [-0.3, -0.25) is 9.59 Å². The van der Waals surface area contributed by atoms with E-state index in [4.69, 9.17) is 53.1 Å². The number of rotatable bonds is 9. The number of halogens is 2. The van der Waals surface area contributed by atoms with Crippen molar-refractivity contribution in [3.05, 3.63) is 93.0 Å². The van der Waals surface area contributed by atoms with E-state index in [1.165, 1.54) is 9.59 Å². The maximum Gasteiger partial charge on any atom is 0.311 e.